The second-order valence-corrected chi connectivity index (χ2v) is 5.32. The number of nitrogens with zero attached hydrogens (tertiary/aromatic N) is 1. The summed E-state index contributed by atoms with van der Waals surface area (Å²) in [4.78, 5) is 1.83. The Labute approximate surface area is 123 Å². The molecule has 0 aliphatic rings. The van der Waals surface area contributed by atoms with E-state index in [4.69, 9.17) is 4.74 Å². The molecule has 0 bridgehead atoms. The summed E-state index contributed by atoms with van der Waals surface area (Å²) in [5.74, 6) is 0. The van der Waals surface area contributed by atoms with Crippen LogP contribution in [-0.4, -0.2) is 42.9 Å². The zero-order chi connectivity index (χ0) is 16.0. The van der Waals surface area contributed by atoms with Crippen molar-refractivity contribution in [2.24, 2.45) is 0 Å². The van der Waals surface area contributed by atoms with Gasteiger partial charge in [0, 0.05) is 13.1 Å². The van der Waals surface area contributed by atoms with Gasteiger partial charge >= 0.3 is 6.18 Å². The third-order valence-electron chi connectivity index (χ3n) is 3.01. The van der Waals surface area contributed by atoms with E-state index in [1.807, 2.05) is 18.7 Å². The van der Waals surface area contributed by atoms with E-state index in [0.29, 0.717) is 13.2 Å². The fourth-order valence-electron chi connectivity index (χ4n) is 1.86. The molecule has 0 amide bonds. The van der Waals surface area contributed by atoms with Crippen molar-refractivity contribution < 1.29 is 23.0 Å². The smallest absolute Gasteiger partial charge is 0.387 e. The lowest BCUT2D eigenvalue weighted by Gasteiger charge is -2.21. The number of hydrogen-bond donors (Lipinski definition) is 1. The Bertz CT molecular complexity index is 435. The van der Waals surface area contributed by atoms with E-state index in [2.05, 4.69) is 0 Å². The van der Waals surface area contributed by atoms with Gasteiger partial charge in [-0.3, -0.25) is 0 Å². The fraction of sp³-hybridized carbons (Fsp3) is 0.600. The highest BCUT2D eigenvalue weighted by Crippen LogP contribution is 2.30. The molecule has 1 aromatic rings. The van der Waals surface area contributed by atoms with E-state index in [9.17, 15) is 18.3 Å². The first-order valence-electron chi connectivity index (χ1n) is 6.85. The number of aliphatic hydroxyl groups excluding tert-OH is 1. The highest BCUT2D eigenvalue weighted by Gasteiger charge is 2.30. The molecule has 120 valence electrons. The van der Waals surface area contributed by atoms with Crippen LogP contribution in [0, 0.1) is 0 Å². The molecule has 1 rings (SSSR count). The van der Waals surface area contributed by atoms with Gasteiger partial charge in [-0.15, -0.1) is 0 Å². The van der Waals surface area contributed by atoms with Crippen molar-refractivity contribution in [1.29, 1.82) is 0 Å². The lowest BCUT2D eigenvalue weighted by molar-refractivity contribution is -0.137. The average molecular weight is 305 g/mol. The molecule has 0 heterocycles. The summed E-state index contributed by atoms with van der Waals surface area (Å²) < 4.78 is 43.3. The van der Waals surface area contributed by atoms with Crippen molar-refractivity contribution >= 4 is 0 Å². The second-order valence-electron chi connectivity index (χ2n) is 5.32. The van der Waals surface area contributed by atoms with Crippen LogP contribution < -0.4 is 0 Å². The van der Waals surface area contributed by atoms with Gasteiger partial charge in [-0.1, -0.05) is 12.1 Å². The highest BCUT2D eigenvalue weighted by molar-refractivity contribution is 5.27. The molecular formula is C15H22F3NO2. The first-order chi connectivity index (χ1) is 9.70. The SMILES string of the molecule is CC(C)OCCN(C)CC(O)c1cccc(C(F)(F)F)c1. The van der Waals surface area contributed by atoms with Gasteiger partial charge in [0.25, 0.3) is 0 Å². The summed E-state index contributed by atoms with van der Waals surface area (Å²) in [6.07, 6.45) is -5.23. The van der Waals surface area contributed by atoms with Gasteiger partial charge in [0.05, 0.1) is 24.4 Å². The van der Waals surface area contributed by atoms with Crippen molar-refractivity contribution in [3.05, 3.63) is 35.4 Å². The Morgan fingerprint density at radius 2 is 1.95 bits per heavy atom. The minimum absolute atomic E-state index is 0.131. The maximum Gasteiger partial charge on any atom is 0.416 e. The molecule has 0 aliphatic heterocycles. The Morgan fingerprint density at radius 1 is 1.29 bits per heavy atom. The van der Waals surface area contributed by atoms with E-state index < -0.39 is 17.8 Å². The molecule has 0 aliphatic carbocycles. The zero-order valence-corrected chi connectivity index (χ0v) is 12.5. The Morgan fingerprint density at radius 3 is 2.52 bits per heavy atom. The van der Waals surface area contributed by atoms with Crippen molar-refractivity contribution in [1.82, 2.24) is 4.90 Å². The maximum absolute atomic E-state index is 12.6. The summed E-state index contributed by atoms with van der Waals surface area (Å²) in [6, 6.07) is 4.79. The first kappa shape index (κ1) is 17.9. The van der Waals surface area contributed by atoms with Crippen LogP contribution >= 0.6 is 0 Å². The van der Waals surface area contributed by atoms with Crippen LogP contribution in [0.25, 0.3) is 0 Å². The molecule has 1 aromatic carbocycles. The number of hydrogen-bond acceptors (Lipinski definition) is 3. The molecule has 6 heteroatoms. The van der Waals surface area contributed by atoms with Gasteiger partial charge < -0.3 is 14.7 Å². The topological polar surface area (TPSA) is 32.7 Å². The molecular weight excluding hydrogens is 283 g/mol. The average Bonchev–Trinajstić information content (AvgIpc) is 2.37. The van der Waals surface area contributed by atoms with E-state index in [0.717, 1.165) is 12.1 Å². The molecule has 0 spiro atoms. The minimum atomic E-state index is -4.40. The van der Waals surface area contributed by atoms with Crippen molar-refractivity contribution in [2.75, 3.05) is 26.7 Å². The van der Waals surface area contributed by atoms with Gasteiger partial charge in [-0.2, -0.15) is 13.2 Å². The number of aliphatic hydroxyl groups is 1. The molecule has 3 nitrogen and oxygen atoms in total. The second kappa shape index (κ2) is 7.77. The maximum atomic E-state index is 12.6. The molecule has 1 N–H and O–H groups in total. The number of alkyl halides is 3. The summed E-state index contributed by atoms with van der Waals surface area (Å²) in [7, 11) is 1.79. The summed E-state index contributed by atoms with van der Waals surface area (Å²) in [5.41, 5.74) is -0.480. The lowest BCUT2D eigenvalue weighted by Crippen LogP contribution is -2.29. The Kier molecular flexibility index (Phi) is 6.64. The summed E-state index contributed by atoms with van der Waals surface area (Å²) in [6.45, 7) is 5.23. The highest BCUT2D eigenvalue weighted by atomic mass is 19.4. The van der Waals surface area contributed by atoms with Crippen LogP contribution in [-0.2, 0) is 10.9 Å². The normalized spacial score (nSPS) is 14.0. The molecule has 0 saturated carbocycles. The largest absolute Gasteiger partial charge is 0.416 e. The first-order valence-corrected chi connectivity index (χ1v) is 6.85. The van der Waals surface area contributed by atoms with Crippen LogP contribution in [0.15, 0.2) is 24.3 Å². The zero-order valence-electron chi connectivity index (χ0n) is 12.5. The van der Waals surface area contributed by atoms with Crippen molar-refractivity contribution in [3.63, 3.8) is 0 Å². The lowest BCUT2D eigenvalue weighted by atomic mass is 10.1. The molecule has 0 aromatic heterocycles. The van der Waals surface area contributed by atoms with E-state index >= 15 is 0 Å². The Balaban J connectivity index is 2.57. The Hall–Kier alpha value is -1.11. The van der Waals surface area contributed by atoms with Crippen molar-refractivity contribution in [2.45, 2.75) is 32.2 Å². The van der Waals surface area contributed by atoms with Gasteiger partial charge in [-0.05, 0) is 38.6 Å². The predicted octanol–water partition coefficient (Wildman–Crippen LogP) is 3.10. The van der Waals surface area contributed by atoms with Crippen LogP contribution in [0.1, 0.15) is 31.1 Å². The van der Waals surface area contributed by atoms with Gasteiger partial charge in [-0.25, -0.2) is 0 Å². The predicted molar refractivity (Wildman–Crippen MR) is 75.0 cm³/mol. The number of likely N-dealkylation sites (N-methyl/N-ethyl adjacent to an activating group) is 1. The van der Waals surface area contributed by atoms with Gasteiger partial charge in [0.2, 0.25) is 0 Å². The molecule has 21 heavy (non-hydrogen) atoms. The van der Waals surface area contributed by atoms with Crippen LogP contribution in [0.5, 0.6) is 0 Å². The van der Waals surface area contributed by atoms with E-state index in [1.165, 1.54) is 12.1 Å². The van der Waals surface area contributed by atoms with E-state index in [1.54, 1.807) is 7.05 Å². The number of halogens is 3. The van der Waals surface area contributed by atoms with Crippen LogP contribution in [0.2, 0.25) is 0 Å². The fourth-order valence-corrected chi connectivity index (χ4v) is 1.86. The van der Waals surface area contributed by atoms with Gasteiger partial charge in [0.15, 0.2) is 0 Å². The third-order valence-corrected chi connectivity index (χ3v) is 3.01. The molecule has 1 unspecified atom stereocenters. The number of ether oxygens (including phenoxy) is 1. The molecule has 1 atom stereocenters. The number of rotatable bonds is 7. The third kappa shape index (κ3) is 6.46. The van der Waals surface area contributed by atoms with Crippen LogP contribution in [0.3, 0.4) is 0 Å². The van der Waals surface area contributed by atoms with Crippen molar-refractivity contribution in [3.8, 4) is 0 Å². The monoisotopic (exact) mass is 305 g/mol. The molecule has 0 fully saturated rings. The summed E-state index contributed by atoms with van der Waals surface area (Å²) >= 11 is 0. The summed E-state index contributed by atoms with van der Waals surface area (Å²) in [5, 5.41) is 10.0. The van der Waals surface area contributed by atoms with Gasteiger partial charge in [0.1, 0.15) is 0 Å². The molecule has 0 radical (unpaired) electrons. The standard InChI is InChI=1S/C15H22F3NO2/c1-11(2)21-8-7-19(3)10-14(20)12-5-4-6-13(9-12)15(16,17)18/h4-6,9,11,14,20H,7-8,10H2,1-3H3. The minimum Gasteiger partial charge on any atom is -0.387 e. The number of benzene rings is 1. The quantitative estimate of drug-likeness (QED) is 0.840. The van der Waals surface area contributed by atoms with Crippen LogP contribution in [0.4, 0.5) is 13.2 Å². The molecule has 0 saturated heterocycles. The van der Waals surface area contributed by atoms with E-state index in [-0.39, 0.29) is 18.2 Å².